The fraction of sp³-hybridized carbons (Fsp3) is 0.320. The summed E-state index contributed by atoms with van der Waals surface area (Å²) in [5.41, 5.74) is 2.19. The third-order valence-electron chi connectivity index (χ3n) is 5.69. The van der Waals surface area contributed by atoms with Gasteiger partial charge in [-0.3, -0.25) is 4.79 Å². The maximum Gasteiger partial charge on any atom is 0.328 e. The number of rotatable bonds is 6. The van der Waals surface area contributed by atoms with Gasteiger partial charge in [-0.25, -0.2) is 9.78 Å². The summed E-state index contributed by atoms with van der Waals surface area (Å²) in [7, 11) is 0. The number of aromatic nitrogens is 1. The molecular weight excluding hydrogens is 493 g/mol. The van der Waals surface area contributed by atoms with E-state index in [1.165, 1.54) is 4.90 Å². The summed E-state index contributed by atoms with van der Waals surface area (Å²) in [5, 5.41) is 11.6. The number of carboxylic acid groups (broad SMARTS) is 1. The van der Waals surface area contributed by atoms with Crippen LogP contribution >= 0.6 is 34.5 Å². The molecular formula is C25H25Cl2N3O3S. The lowest BCUT2D eigenvalue weighted by Gasteiger charge is -2.39. The Hall–Kier alpha value is -2.61. The van der Waals surface area contributed by atoms with E-state index in [1.54, 1.807) is 41.7 Å². The molecule has 2 aromatic carbocycles. The molecule has 0 bridgehead atoms. The number of carboxylic acids is 1. The van der Waals surface area contributed by atoms with Crippen LogP contribution in [-0.2, 0) is 11.2 Å². The molecule has 178 valence electrons. The van der Waals surface area contributed by atoms with E-state index in [0.29, 0.717) is 34.6 Å². The summed E-state index contributed by atoms with van der Waals surface area (Å²) in [4.78, 5) is 34.5. The minimum absolute atomic E-state index is 0.170. The number of nitrogens with zero attached hydrogens (tertiary/aromatic N) is 3. The molecule has 1 amide bonds. The van der Waals surface area contributed by atoms with E-state index >= 15 is 0 Å². The molecule has 1 saturated heterocycles. The highest BCUT2D eigenvalue weighted by Crippen LogP contribution is 2.37. The first kappa shape index (κ1) is 24.5. The molecule has 0 radical (unpaired) electrons. The Balaban J connectivity index is 1.63. The molecule has 1 aromatic heterocycles. The number of hydrogen-bond acceptors (Lipinski definition) is 5. The maximum atomic E-state index is 13.0. The fourth-order valence-electron chi connectivity index (χ4n) is 4.01. The number of benzene rings is 2. The molecule has 2 heterocycles. The Labute approximate surface area is 212 Å². The van der Waals surface area contributed by atoms with Gasteiger partial charge in [-0.05, 0) is 36.6 Å². The van der Waals surface area contributed by atoms with Crippen molar-refractivity contribution >= 4 is 51.5 Å². The number of piperazine rings is 1. The van der Waals surface area contributed by atoms with Crippen LogP contribution in [0.4, 0.5) is 5.13 Å². The SMILES string of the molecule is CC(C)Cc1sc(N2CCN(C(=O)c3ccccc3)C(C(=O)O)C2)nc1-c1ccc(Cl)c(Cl)c1. The van der Waals surface area contributed by atoms with Crippen LogP contribution in [0.1, 0.15) is 29.1 Å². The average Bonchev–Trinajstić information content (AvgIpc) is 3.23. The van der Waals surface area contributed by atoms with E-state index in [1.807, 2.05) is 23.1 Å². The number of hydrogen-bond donors (Lipinski definition) is 1. The summed E-state index contributed by atoms with van der Waals surface area (Å²) in [6.45, 7) is 5.26. The van der Waals surface area contributed by atoms with Crippen LogP contribution in [0.5, 0.6) is 0 Å². The molecule has 1 fully saturated rings. The van der Waals surface area contributed by atoms with Crippen LogP contribution in [0.25, 0.3) is 11.3 Å². The molecule has 0 spiro atoms. The highest BCUT2D eigenvalue weighted by molar-refractivity contribution is 7.16. The maximum absolute atomic E-state index is 13.0. The molecule has 1 aliphatic rings. The summed E-state index contributed by atoms with van der Waals surface area (Å²) in [5.74, 6) is -0.886. The van der Waals surface area contributed by atoms with E-state index in [2.05, 4.69) is 13.8 Å². The largest absolute Gasteiger partial charge is 0.480 e. The lowest BCUT2D eigenvalue weighted by Crippen LogP contribution is -2.58. The van der Waals surface area contributed by atoms with Gasteiger partial charge in [0.1, 0.15) is 6.04 Å². The zero-order valence-electron chi connectivity index (χ0n) is 18.9. The molecule has 3 aromatic rings. The first-order valence-electron chi connectivity index (χ1n) is 11.0. The number of carbonyl (C=O) groups is 2. The van der Waals surface area contributed by atoms with Gasteiger partial charge in [0.05, 0.1) is 22.3 Å². The van der Waals surface area contributed by atoms with Crippen molar-refractivity contribution in [3.8, 4) is 11.3 Å². The predicted molar refractivity (Wildman–Crippen MR) is 137 cm³/mol. The van der Waals surface area contributed by atoms with Gasteiger partial charge in [0.15, 0.2) is 5.13 Å². The number of halogens is 2. The van der Waals surface area contributed by atoms with Gasteiger partial charge in [-0.1, -0.05) is 61.3 Å². The zero-order valence-corrected chi connectivity index (χ0v) is 21.2. The number of carbonyl (C=O) groups excluding carboxylic acids is 1. The minimum Gasteiger partial charge on any atom is -0.480 e. The van der Waals surface area contributed by atoms with Crippen molar-refractivity contribution in [3.05, 3.63) is 69.0 Å². The second-order valence-electron chi connectivity index (χ2n) is 8.66. The molecule has 4 rings (SSSR count). The van der Waals surface area contributed by atoms with Gasteiger partial charge in [0, 0.05) is 29.1 Å². The van der Waals surface area contributed by atoms with E-state index in [0.717, 1.165) is 27.7 Å². The molecule has 9 heteroatoms. The molecule has 0 saturated carbocycles. The van der Waals surface area contributed by atoms with Crippen molar-refractivity contribution in [2.45, 2.75) is 26.3 Å². The van der Waals surface area contributed by atoms with Gasteiger partial charge in [-0.15, -0.1) is 11.3 Å². The van der Waals surface area contributed by atoms with Crippen LogP contribution < -0.4 is 4.90 Å². The van der Waals surface area contributed by atoms with Gasteiger partial charge in [0.25, 0.3) is 5.91 Å². The summed E-state index contributed by atoms with van der Waals surface area (Å²) in [6, 6.07) is 13.3. The smallest absolute Gasteiger partial charge is 0.328 e. The van der Waals surface area contributed by atoms with Crippen molar-refractivity contribution in [2.75, 3.05) is 24.5 Å². The average molecular weight is 518 g/mol. The zero-order chi connectivity index (χ0) is 24.4. The van der Waals surface area contributed by atoms with Crippen molar-refractivity contribution in [1.29, 1.82) is 0 Å². The quantitative estimate of drug-likeness (QED) is 0.451. The normalized spacial score (nSPS) is 16.2. The predicted octanol–water partition coefficient (Wildman–Crippen LogP) is 5.73. The summed E-state index contributed by atoms with van der Waals surface area (Å²) in [6.07, 6.45) is 0.835. The Morgan fingerprint density at radius 3 is 2.50 bits per heavy atom. The van der Waals surface area contributed by atoms with Crippen molar-refractivity contribution < 1.29 is 14.7 Å². The van der Waals surface area contributed by atoms with E-state index in [9.17, 15) is 14.7 Å². The molecule has 1 aliphatic heterocycles. The first-order chi connectivity index (χ1) is 16.2. The second-order valence-corrected chi connectivity index (χ2v) is 10.5. The minimum atomic E-state index is -1.03. The van der Waals surface area contributed by atoms with Crippen molar-refractivity contribution in [1.82, 2.24) is 9.88 Å². The fourth-order valence-corrected chi connectivity index (χ4v) is 5.64. The van der Waals surface area contributed by atoms with Crippen LogP contribution in [0, 0.1) is 5.92 Å². The van der Waals surface area contributed by atoms with Crippen molar-refractivity contribution in [2.24, 2.45) is 5.92 Å². The number of aliphatic carboxylic acids is 1. The Morgan fingerprint density at radius 1 is 1.12 bits per heavy atom. The standard InChI is InChI=1S/C25H25Cl2N3O3S/c1-15(2)12-21-22(17-8-9-18(26)19(27)13-17)28-25(34-21)29-10-11-30(20(14-29)24(32)33)23(31)16-6-4-3-5-7-16/h3-9,13,15,20H,10-12,14H2,1-2H3,(H,32,33). The van der Waals surface area contributed by atoms with E-state index in [4.69, 9.17) is 28.2 Å². The monoisotopic (exact) mass is 517 g/mol. The van der Waals surface area contributed by atoms with Gasteiger partial charge < -0.3 is 14.9 Å². The third-order valence-corrected chi connectivity index (χ3v) is 7.57. The topological polar surface area (TPSA) is 73.7 Å². The highest BCUT2D eigenvalue weighted by Gasteiger charge is 2.37. The molecule has 1 unspecified atom stereocenters. The Bertz CT molecular complexity index is 1200. The molecule has 1 atom stereocenters. The lowest BCUT2D eigenvalue weighted by atomic mass is 10.0. The summed E-state index contributed by atoms with van der Waals surface area (Å²) >= 11 is 13.9. The van der Waals surface area contributed by atoms with Crippen molar-refractivity contribution in [3.63, 3.8) is 0 Å². The highest BCUT2D eigenvalue weighted by atomic mass is 35.5. The van der Waals surface area contributed by atoms with Crippen LogP contribution in [0.3, 0.4) is 0 Å². The number of anilines is 1. The number of thiazole rings is 1. The van der Waals surface area contributed by atoms with E-state index in [-0.39, 0.29) is 12.5 Å². The molecule has 1 N–H and O–H groups in total. The third kappa shape index (κ3) is 5.22. The first-order valence-corrected chi connectivity index (χ1v) is 12.6. The van der Waals surface area contributed by atoms with E-state index < -0.39 is 12.0 Å². The van der Waals surface area contributed by atoms with Crippen LogP contribution in [0.15, 0.2) is 48.5 Å². The lowest BCUT2D eigenvalue weighted by molar-refractivity contribution is -0.142. The molecule has 0 aliphatic carbocycles. The molecule has 6 nitrogen and oxygen atoms in total. The summed E-state index contributed by atoms with van der Waals surface area (Å²) < 4.78 is 0. The van der Waals surface area contributed by atoms with Gasteiger partial charge in [0.2, 0.25) is 0 Å². The van der Waals surface area contributed by atoms with Gasteiger partial charge >= 0.3 is 5.97 Å². The Morgan fingerprint density at radius 2 is 1.85 bits per heavy atom. The van der Waals surface area contributed by atoms with Crippen LogP contribution in [0.2, 0.25) is 10.0 Å². The Kier molecular flexibility index (Phi) is 7.45. The van der Waals surface area contributed by atoms with Gasteiger partial charge in [-0.2, -0.15) is 0 Å². The van der Waals surface area contributed by atoms with Crippen LogP contribution in [-0.4, -0.2) is 52.5 Å². The second kappa shape index (κ2) is 10.3. The number of amides is 1. The molecule has 34 heavy (non-hydrogen) atoms.